The summed E-state index contributed by atoms with van der Waals surface area (Å²) in [6.45, 7) is 0.623. The lowest BCUT2D eigenvalue weighted by Crippen LogP contribution is -2.33. The Bertz CT molecular complexity index is 1090. The third kappa shape index (κ3) is 4.39. The zero-order valence-corrected chi connectivity index (χ0v) is 19.8. The van der Waals surface area contributed by atoms with Crippen molar-refractivity contribution < 1.29 is 4.74 Å². The largest absolute Gasteiger partial charge is 0.489 e. The fraction of sp³-hybridized carbons (Fsp3) is 0.161. The smallest absolute Gasteiger partial charge is 0.143 e. The predicted octanol–water partition coefficient (Wildman–Crippen LogP) is 6.98. The highest BCUT2D eigenvalue weighted by Gasteiger charge is 2.51. The lowest BCUT2D eigenvalue weighted by Gasteiger charge is -2.33. The van der Waals surface area contributed by atoms with E-state index in [1.165, 1.54) is 45.4 Å². The Balaban J connectivity index is 1.74. The van der Waals surface area contributed by atoms with Gasteiger partial charge in [0, 0.05) is 12.8 Å². The van der Waals surface area contributed by atoms with Crippen LogP contribution in [0.4, 0.5) is 0 Å². The third-order valence-electron chi connectivity index (χ3n) is 6.48. The second kappa shape index (κ2) is 10.2. The molecule has 1 aliphatic carbocycles. The van der Waals surface area contributed by atoms with Crippen LogP contribution in [0, 0.1) is 0 Å². The van der Waals surface area contributed by atoms with E-state index in [1.54, 1.807) is 0 Å². The summed E-state index contributed by atoms with van der Waals surface area (Å²) in [6.07, 6.45) is 4.49. The molecular formula is C31H30OP+. The monoisotopic (exact) mass is 449 g/mol. The number of rotatable bonds is 7. The average Bonchev–Trinajstić information content (AvgIpc) is 2.91. The molecular weight excluding hydrogens is 419 g/mol. The first-order valence-electron chi connectivity index (χ1n) is 11.8. The molecule has 5 rings (SSSR count). The van der Waals surface area contributed by atoms with Crippen molar-refractivity contribution in [1.82, 2.24) is 0 Å². The van der Waals surface area contributed by atoms with Gasteiger partial charge in [0.25, 0.3) is 0 Å². The lowest BCUT2D eigenvalue weighted by molar-refractivity contribution is 0.181. The van der Waals surface area contributed by atoms with E-state index in [0.717, 1.165) is 12.8 Å². The van der Waals surface area contributed by atoms with E-state index in [9.17, 15) is 0 Å². The molecule has 1 nitrogen and oxygen atoms in total. The van der Waals surface area contributed by atoms with Crippen LogP contribution in [-0.2, 0) is 11.3 Å². The van der Waals surface area contributed by atoms with Crippen molar-refractivity contribution in [1.29, 1.82) is 0 Å². The Kier molecular flexibility index (Phi) is 6.70. The average molecular weight is 450 g/mol. The normalized spacial score (nSPS) is 14.2. The molecule has 1 aliphatic rings. The van der Waals surface area contributed by atoms with Gasteiger partial charge in [-0.1, -0.05) is 84.9 Å². The van der Waals surface area contributed by atoms with Crippen LogP contribution in [0.2, 0.25) is 0 Å². The summed E-state index contributed by atoms with van der Waals surface area (Å²) < 4.78 is 6.66. The molecule has 2 heteroatoms. The van der Waals surface area contributed by atoms with E-state index in [-0.39, 0.29) is 0 Å². The Labute approximate surface area is 198 Å². The van der Waals surface area contributed by atoms with E-state index < -0.39 is 7.26 Å². The minimum absolute atomic E-state index is 0.623. The maximum atomic E-state index is 6.66. The standard InChI is InChI=1S/C31H30OP/c1-5-15-26(16-6-1)25-32-30-23-13-14-24-31(30)33(27-17-7-2-8-18-27,28-19-9-3-10-20-28)29-21-11-4-12-22-29/h1-12,15-22H,13-14,23-25H2/q+1. The van der Waals surface area contributed by atoms with Crippen LogP contribution < -0.4 is 15.9 Å². The summed E-state index contributed by atoms with van der Waals surface area (Å²) in [4.78, 5) is 0. The first-order chi connectivity index (χ1) is 16.4. The van der Waals surface area contributed by atoms with Crippen molar-refractivity contribution >= 4 is 23.2 Å². The van der Waals surface area contributed by atoms with Crippen molar-refractivity contribution in [3.05, 3.63) is 138 Å². The maximum Gasteiger partial charge on any atom is 0.143 e. The van der Waals surface area contributed by atoms with Gasteiger partial charge in [-0.3, -0.25) is 0 Å². The van der Waals surface area contributed by atoms with E-state index in [1.807, 2.05) is 0 Å². The summed E-state index contributed by atoms with van der Waals surface area (Å²) in [6, 6.07) is 43.9. The van der Waals surface area contributed by atoms with Gasteiger partial charge in [-0.2, -0.15) is 0 Å². The zero-order chi connectivity index (χ0) is 22.3. The highest BCUT2D eigenvalue weighted by Crippen LogP contribution is 2.66. The molecule has 0 aromatic heterocycles. The molecule has 0 spiro atoms. The Hall–Kier alpha value is -3.15. The van der Waals surface area contributed by atoms with Gasteiger partial charge in [-0.25, -0.2) is 0 Å². The van der Waals surface area contributed by atoms with Crippen LogP contribution in [0.5, 0.6) is 0 Å². The van der Waals surface area contributed by atoms with Crippen molar-refractivity contribution in [2.75, 3.05) is 0 Å². The molecule has 0 saturated carbocycles. The quantitative estimate of drug-likeness (QED) is 0.277. The van der Waals surface area contributed by atoms with Crippen LogP contribution in [0.25, 0.3) is 0 Å². The lowest BCUT2D eigenvalue weighted by atomic mass is 10.1. The minimum atomic E-state index is -2.05. The zero-order valence-electron chi connectivity index (χ0n) is 18.9. The van der Waals surface area contributed by atoms with Crippen LogP contribution in [0.1, 0.15) is 31.2 Å². The number of ether oxygens (including phenoxy) is 1. The summed E-state index contributed by atoms with van der Waals surface area (Å²) in [5, 5.41) is 5.72. The minimum Gasteiger partial charge on any atom is -0.489 e. The Morgan fingerprint density at radius 2 is 0.939 bits per heavy atom. The topological polar surface area (TPSA) is 9.23 Å². The highest BCUT2D eigenvalue weighted by atomic mass is 31.2. The van der Waals surface area contributed by atoms with Crippen LogP contribution >= 0.6 is 7.26 Å². The first kappa shape index (κ1) is 21.7. The highest BCUT2D eigenvalue weighted by molar-refractivity contribution is 7.99. The van der Waals surface area contributed by atoms with Gasteiger partial charge in [0.15, 0.2) is 0 Å². The predicted molar refractivity (Wildman–Crippen MR) is 142 cm³/mol. The second-order valence-corrected chi connectivity index (χ2v) is 12.0. The van der Waals surface area contributed by atoms with Crippen LogP contribution in [0.3, 0.4) is 0 Å². The molecule has 0 radical (unpaired) electrons. The molecule has 0 saturated heterocycles. The van der Waals surface area contributed by atoms with Gasteiger partial charge in [0.1, 0.15) is 40.9 Å². The van der Waals surface area contributed by atoms with Gasteiger partial charge in [-0.15, -0.1) is 0 Å². The maximum absolute atomic E-state index is 6.66. The van der Waals surface area contributed by atoms with Crippen molar-refractivity contribution in [3.8, 4) is 0 Å². The summed E-state index contributed by atoms with van der Waals surface area (Å²) in [5.41, 5.74) is 1.22. The molecule has 4 aromatic rings. The van der Waals surface area contributed by atoms with Gasteiger partial charge < -0.3 is 4.74 Å². The van der Waals surface area contributed by atoms with Crippen molar-refractivity contribution in [2.24, 2.45) is 0 Å². The molecule has 0 heterocycles. The molecule has 0 fully saturated rings. The summed E-state index contributed by atoms with van der Waals surface area (Å²) >= 11 is 0. The van der Waals surface area contributed by atoms with Crippen molar-refractivity contribution in [3.63, 3.8) is 0 Å². The van der Waals surface area contributed by atoms with E-state index in [2.05, 4.69) is 121 Å². The van der Waals surface area contributed by atoms with Gasteiger partial charge in [0.05, 0.1) is 0 Å². The summed E-state index contributed by atoms with van der Waals surface area (Å²) in [7, 11) is -2.05. The fourth-order valence-electron chi connectivity index (χ4n) is 4.99. The van der Waals surface area contributed by atoms with Crippen molar-refractivity contribution in [2.45, 2.75) is 32.3 Å². The van der Waals surface area contributed by atoms with E-state index in [0.29, 0.717) is 6.61 Å². The van der Waals surface area contributed by atoms with Crippen LogP contribution in [-0.4, -0.2) is 0 Å². The number of benzene rings is 4. The molecule has 4 aromatic carbocycles. The fourth-order valence-corrected chi connectivity index (χ4v) is 9.72. The second-order valence-electron chi connectivity index (χ2n) is 8.53. The molecule has 0 aliphatic heterocycles. The molecule has 0 N–H and O–H groups in total. The molecule has 0 unspecified atom stereocenters. The van der Waals surface area contributed by atoms with Gasteiger partial charge in [0.2, 0.25) is 0 Å². The molecule has 0 amide bonds. The molecule has 0 atom stereocenters. The number of hydrogen-bond donors (Lipinski definition) is 0. The number of hydrogen-bond acceptors (Lipinski definition) is 1. The SMILES string of the molecule is c1ccc(COC2=C([P+](c3ccccc3)(c3ccccc3)c3ccccc3)CCCC2)cc1. The molecule has 164 valence electrons. The summed E-state index contributed by atoms with van der Waals surface area (Å²) in [5.74, 6) is 1.20. The third-order valence-corrected chi connectivity index (χ3v) is 11.0. The van der Waals surface area contributed by atoms with E-state index >= 15 is 0 Å². The Morgan fingerprint density at radius 3 is 1.42 bits per heavy atom. The molecule has 0 bridgehead atoms. The van der Waals surface area contributed by atoms with Gasteiger partial charge in [-0.05, 0) is 54.8 Å². The number of allylic oxidation sites excluding steroid dienone is 2. The first-order valence-corrected chi connectivity index (χ1v) is 13.6. The van der Waals surface area contributed by atoms with Gasteiger partial charge >= 0.3 is 0 Å². The van der Waals surface area contributed by atoms with E-state index in [4.69, 9.17) is 4.74 Å². The Morgan fingerprint density at radius 1 is 0.515 bits per heavy atom. The van der Waals surface area contributed by atoms with Crippen LogP contribution in [0.15, 0.2) is 132 Å². The molecule has 33 heavy (non-hydrogen) atoms.